The van der Waals surface area contributed by atoms with Crippen molar-refractivity contribution in [3.8, 4) is 0 Å². The van der Waals surface area contributed by atoms with Crippen molar-refractivity contribution in [1.29, 1.82) is 0 Å². The van der Waals surface area contributed by atoms with Gasteiger partial charge in [0.05, 0.1) is 6.04 Å². The highest BCUT2D eigenvalue weighted by Gasteiger charge is 2.39. The topological polar surface area (TPSA) is 23.6 Å². The third-order valence-corrected chi connectivity index (χ3v) is 5.22. The molecule has 1 amide bonds. The van der Waals surface area contributed by atoms with Crippen LogP contribution in [0.25, 0.3) is 0 Å². The van der Waals surface area contributed by atoms with Crippen LogP contribution in [0.2, 0.25) is 0 Å². The van der Waals surface area contributed by atoms with Crippen molar-refractivity contribution in [1.82, 2.24) is 9.80 Å². The predicted octanol–water partition coefficient (Wildman–Crippen LogP) is 2.26. The smallest absolute Gasteiger partial charge is 0.239 e. The van der Waals surface area contributed by atoms with Crippen LogP contribution >= 0.6 is 0 Å². The lowest BCUT2D eigenvalue weighted by Gasteiger charge is -2.40. The Morgan fingerprint density at radius 3 is 2.28 bits per heavy atom. The van der Waals surface area contributed by atoms with E-state index in [0.717, 1.165) is 38.0 Å². The van der Waals surface area contributed by atoms with E-state index >= 15 is 0 Å². The molecular weight excluding hydrogens is 224 g/mol. The minimum atomic E-state index is 0.226. The zero-order valence-corrected chi connectivity index (χ0v) is 11.6. The molecule has 0 aromatic carbocycles. The quantitative estimate of drug-likeness (QED) is 0.750. The molecule has 0 unspecified atom stereocenters. The number of hydrogen-bond donors (Lipinski definition) is 0. The molecule has 1 saturated carbocycles. The lowest BCUT2D eigenvalue weighted by atomic mass is 9.90. The SMILES string of the molecule is CC1CCN(C(=O)[C@@H]2CCCN2C2CCC2)CC1. The normalized spacial score (nSPS) is 31.6. The Morgan fingerprint density at radius 2 is 1.67 bits per heavy atom. The number of rotatable bonds is 2. The summed E-state index contributed by atoms with van der Waals surface area (Å²) >= 11 is 0. The summed E-state index contributed by atoms with van der Waals surface area (Å²) in [4.78, 5) is 17.3. The maximum atomic E-state index is 12.6. The van der Waals surface area contributed by atoms with Gasteiger partial charge < -0.3 is 4.90 Å². The Morgan fingerprint density at radius 1 is 0.944 bits per heavy atom. The van der Waals surface area contributed by atoms with Crippen LogP contribution in [0.4, 0.5) is 0 Å². The predicted molar refractivity (Wildman–Crippen MR) is 72.3 cm³/mol. The molecule has 3 heteroatoms. The first-order valence-corrected chi connectivity index (χ1v) is 7.80. The maximum absolute atomic E-state index is 12.6. The molecule has 2 saturated heterocycles. The summed E-state index contributed by atoms with van der Waals surface area (Å²) in [6, 6.07) is 0.953. The van der Waals surface area contributed by atoms with E-state index in [9.17, 15) is 4.79 Å². The average molecular weight is 250 g/mol. The second-order valence-electron chi connectivity index (χ2n) is 6.49. The number of hydrogen-bond acceptors (Lipinski definition) is 2. The molecule has 1 aliphatic carbocycles. The highest BCUT2D eigenvalue weighted by atomic mass is 16.2. The number of carbonyl (C=O) groups excluding carboxylic acids is 1. The van der Waals surface area contributed by atoms with Crippen LogP contribution in [0.1, 0.15) is 51.9 Å². The largest absolute Gasteiger partial charge is 0.341 e. The van der Waals surface area contributed by atoms with Crippen LogP contribution < -0.4 is 0 Å². The molecule has 0 aromatic heterocycles. The Kier molecular flexibility index (Phi) is 3.60. The fourth-order valence-electron chi connectivity index (χ4n) is 3.65. The van der Waals surface area contributed by atoms with E-state index < -0.39 is 0 Å². The molecular formula is C15H26N2O. The van der Waals surface area contributed by atoms with Gasteiger partial charge in [0.2, 0.25) is 5.91 Å². The first-order valence-electron chi connectivity index (χ1n) is 7.80. The van der Waals surface area contributed by atoms with Crippen LogP contribution in [0.5, 0.6) is 0 Å². The summed E-state index contributed by atoms with van der Waals surface area (Å²) in [7, 11) is 0. The van der Waals surface area contributed by atoms with Gasteiger partial charge in [0.25, 0.3) is 0 Å². The molecule has 0 radical (unpaired) electrons. The van der Waals surface area contributed by atoms with Crippen LogP contribution in [-0.2, 0) is 4.79 Å². The highest BCUT2D eigenvalue weighted by Crippen LogP contribution is 2.32. The molecule has 0 spiro atoms. The van der Waals surface area contributed by atoms with Gasteiger partial charge in [0.1, 0.15) is 0 Å². The number of amides is 1. The molecule has 1 atom stereocenters. The standard InChI is InChI=1S/C15H26N2O/c1-12-7-10-16(11-8-12)15(18)14-6-3-9-17(14)13-4-2-5-13/h12-14H,2-11H2,1H3/t14-/m0/s1. The van der Waals surface area contributed by atoms with E-state index in [1.165, 1.54) is 38.5 Å². The second-order valence-corrected chi connectivity index (χ2v) is 6.49. The molecule has 2 heterocycles. The zero-order valence-electron chi connectivity index (χ0n) is 11.6. The number of carbonyl (C=O) groups is 1. The highest BCUT2D eigenvalue weighted by molar-refractivity contribution is 5.82. The lowest BCUT2D eigenvalue weighted by molar-refractivity contribution is -0.138. The van der Waals surface area contributed by atoms with Gasteiger partial charge in [-0.25, -0.2) is 0 Å². The third kappa shape index (κ3) is 2.29. The Labute approximate surface area is 111 Å². The van der Waals surface area contributed by atoms with Gasteiger partial charge in [0.15, 0.2) is 0 Å². The van der Waals surface area contributed by atoms with E-state index in [0.29, 0.717) is 5.91 Å². The fourth-order valence-corrected chi connectivity index (χ4v) is 3.65. The Bertz CT molecular complexity index is 306. The minimum Gasteiger partial charge on any atom is -0.341 e. The zero-order chi connectivity index (χ0) is 12.5. The molecule has 0 bridgehead atoms. The molecule has 3 fully saturated rings. The summed E-state index contributed by atoms with van der Waals surface area (Å²) < 4.78 is 0. The summed E-state index contributed by atoms with van der Waals surface area (Å²) in [6.07, 6.45) is 8.72. The maximum Gasteiger partial charge on any atom is 0.239 e. The van der Waals surface area contributed by atoms with Crippen LogP contribution in [0.15, 0.2) is 0 Å². The average Bonchev–Trinajstić information content (AvgIpc) is 2.76. The van der Waals surface area contributed by atoms with E-state index in [2.05, 4.69) is 16.7 Å². The van der Waals surface area contributed by atoms with Crippen LogP contribution in [0.3, 0.4) is 0 Å². The molecule has 0 N–H and O–H groups in total. The van der Waals surface area contributed by atoms with E-state index in [4.69, 9.17) is 0 Å². The first kappa shape index (κ1) is 12.5. The Hall–Kier alpha value is -0.570. The van der Waals surface area contributed by atoms with Gasteiger partial charge in [-0.2, -0.15) is 0 Å². The molecule has 2 aliphatic heterocycles. The van der Waals surface area contributed by atoms with Crippen molar-refractivity contribution >= 4 is 5.91 Å². The summed E-state index contributed by atoms with van der Waals surface area (Å²) in [5, 5.41) is 0. The number of piperidine rings is 1. The molecule has 3 nitrogen and oxygen atoms in total. The fraction of sp³-hybridized carbons (Fsp3) is 0.933. The van der Waals surface area contributed by atoms with Crippen molar-refractivity contribution in [2.24, 2.45) is 5.92 Å². The minimum absolute atomic E-state index is 0.226. The lowest BCUT2D eigenvalue weighted by Crippen LogP contribution is -2.52. The van der Waals surface area contributed by atoms with Crippen molar-refractivity contribution in [2.75, 3.05) is 19.6 Å². The summed E-state index contributed by atoms with van der Waals surface area (Å²) in [5.74, 6) is 1.24. The third-order valence-electron chi connectivity index (χ3n) is 5.22. The van der Waals surface area contributed by atoms with Gasteiger partial charge in [-0.1, -0.05) is 13.3 Å². The molecule has 0 aromatic rings. The van der Waals surface area contributed by atoms with Crippen molar-refractivity contribution < 1.29 is 4.79 Å². The van der Waals surface area contributed by atoms with E-state index in [1.54, 1.807) is 0 Å². The summed E-state index contributed by atoms with van der Waals surface area (Å²) in [5.41, 5.74) is 0. The second kappa shape index (κ2) is 5.20. The monoisotopic (exact) mass is 250 g/mol. The number of nitrogens with zero attached hydrogens (tertiary/aromatic N) is 2. The van der Waals surface area contributed by atoms with Crippen LogP contribution in [0, 0.1) is 5.92 Å². The van der Waals surface area contributed by atoms with Crippen LogP contribution in [-0.4, -0.2) is 47.4 Å². The van der Waals surface area contributed by atoms with E-state index in [-0.39, 0.29) is 6.04 Å². The van der Waals surface area contributed by atoms with Gasteiger partial charge in [-0.05, 0) is 51.0 Å². The van der Waals surface area contributed by atoms with Gasteiger partial charge in [0, 0.05) is 19.1 Å². The van der Waals surface area contributed by atoms with Crippen molar-refractivity contribution in [3.05, 3.63) is 0 Å². The van der Waals surface area contributed by atoms with Gasteiger partial charge in [-0.3, -0.25) is 9.69 Å². The molecule has 102 valence electrons. The summed E-state index contributed by atoms with van der Waals surface area (Å²) in [6.45, 7) is 5.45. The first-order chi connectivity index (χ1) is 8.75. The Balaban J connectivity index is 1.60. The van der Waals surface area contributed by atoms with Gasteiger partial charge >= 0.3 is 0 Å². The number of likely N-dealkylation sites (tertiary alicyclic amines) is 2. The molecule has 3 rings (SSSR count). The van der Waals surface area contributed by atoms with Gasteiger partial charge in [-0.15, -0.1) is 0 Å². The van der Waals surface area contributed by atoms with Crippen molar-refractivity contribution in [3.63, 3.8) is 0 Å². The molecule has 18 heavy (non-hydrogen) atoms. The van der Waals surface area contributed by atoms with Crippen molar-refractivity contribution in [2.45, 2.75) is 64.0 Å². The van der Waals surface area contributed by atoms with E-state index in [1.807, 2.05) is 0 Å². The molecule has 3 aliphatic rings.